The molecule has 0 saturated carbocycles. The average molecular weight is 1480 g/mol. The van der Waals surface area contributed by atoms with E-state index in [0.29, 0.717) is 25.7 Å². The molecule has 5 atom stereocenters. The molecule has 0 aromatic carbocycles. The maximum atomic E-state index is 13.1. The van der Waals surface area contributed by atoms with Crippen molar-refractivity contribution < 1.29 is 80.2 Å². The number of phosphoric ester groups is 2. The number of esters is 4. The Kier molecular flexibility index (Phi) is 72.6. The lowest BCUT2D eigenvalue weighted by Crippen LogP contribution is -2.30. The van der Waals surface area contributed by atoms with Crippen LogP contribution in [0, 0.1) is 5.92 Å². The fourth-order valence-electron chi connectivity index (χ4n) is 12.2. The number of carbonyl (C=O) groups is 4. The van der Waals surface area contributed by atoms with Crippen molar-refractivity contribution in [3.8, 4) is 0 Å². The van der Waals surface area contributed by atoms with Gasteiger partial charge in [0.25, 0.3) is 0 Å². The van der Waals surface area contributed by atoms with E-state index < -0.39 is 97.5 Å². The van der Waals surface area contributed by atoms with Gasteiger partial charge in [0.05, 0.1) is 26.4 Å². The zero-order chi connectivity index (χ0) is 74.1. The largest absolute Gasteiger partial charge is 0.472 e. The first-order valence-electron chi connectivity index (χ1n) is 42.0. The summed E-state index contributed by atoms with van der Waals surface area (Å²) in [4.78, 5) is 73.1. The summed E-state index contributed by atoms with van der Waals surface area (Å²) in [5.74, 6) is -1.39. The highest BCUT2D eigenvalue weighted by Gasteiger charge is 2.30. The van der Waals surface area contributed by atoms with Gasteiger partial charge in [-0.05, 0) is 57.3 Å². The molecule has 3 N–H and O–H groups in total. The first-order chi connectivity index (χ1) is 49.0. The molecule has 0 saturated heterocycles. The highest BCUT2D eigenvalue weighted by molar-refractivity contribution is 7.47. The number of allylic oxidation sites excluding steroid dienone is 4. The molecule has 0 amide bonds. The molecule has 101 heavy (non-hydrogen) atoms. The van der Waals surface area contributed by atoms with Gasteiger partial charge in [0.1, 0.15) is 19.3 Å². The Morgan fingerprint density at radius 2 is 0.535 bits per heavy atom. The fraction of sp³-hybridized carbons (Fsp3) is 0.902. The van der Waals surface area contributed by atoms with Crippen LogP contribution in [0.3, 0.4) is 0 Å². The second-order valence-corrected chi connectivity index (χ2v) is 32.2. The van der Waals surface area contributed by atoms with E-state index >= 15 is 0 Å². The Labute approximate surface area is 618 Å². The van der Waals surface area contributed by atoms with Crippen LogP contribution in [0.1, 0.15) is 413 Å². The summed E-state index contributed by atoms with van der Waals surface area (Å²) in [5.41, 5.74) is 0. The Hall–Kier alpha value is -2.46. The van der Waals surface area contributed by atoms with E-state index in [0.717, 1.165) is 109 Å². The number of aliphatic hydroxyl groups excluding tert-OH is 1. The van der Waals surface area contributed by atoms with Gasteiger partial charge in [-0.25, -0.2) is 9.13 Å². The number of ether oxygens (including phenoxy) is 4. The smallest absolute Gasteiger partial charge is 0.462 e. The molecule has 0 rings (SSSR count). The summed E-state index contributed by atoms with van der Waals surface area (Å²) in [5, 5.41) is 10.6. The van der Waals surface area contributed by atoms with E-state index in [1.165, 1.54) is 225 Å². The second kappa shape index (κ2) is 74.4. The third-order valence-electron chi connectivity index (χ3n) is 18.7. The van der Waals surface area contributed by atoms with Crippen LogP contribution >= 0.6 is 15.6 Å². The number of rotatable bonds is 80. The fourth-order valence-corrected chi connectivity index (χ4v) is 13.8. The van der Waals surface area contributed by atoms with E-state index in [-0.39, 0.29) is 25.7 Å². The molecule has 0 aliphatic heterocycles. The van der Waals surface area contributed by atoms with E-state index in [2.05, 4.69) is 58.9 Å². The number of phosphoric acid groups is 2. The maximum absolute atomic E-state index is 13.1. The molecular weight excluding hydrogens is 1320 g/mol. The Morgan fingerprint density at radius 3 is 0.812 bits per heavy atom. The van der Waals surface area contributed by atoms with Crippen LogP contribution < -0.4 is 0 Å². The lowest BCUT2D eigenvalue weighted by atomic mass is 10.0. The lowest BCUT2D eigenvalue weighted by Gasteiger charge is -2.21. The van der Waals surface area contributed by atoms with Crippen LogP contribution in [-0.4, -0.2) is 96.7 Å². The van der Waals surface area contributed by atoms with E-state index in [4.69, 9.17) is 37.0 Å². The topological polar surface area (TPSA) is 237 Å². The van der Waals surface area contributed by atoms with Crippen LogP contribution in [0.4, 0.5) is 0 Å². The predicted molar refractivity (Wildman–Crippen MR) is 414 cm³/mol. The number of unbranched alkanes of at least 4 members (excludes halogenated alkanes) is 49. The summed E-state index contributed by atoms with van der Waals surface area (Å²) >= 11 is 0. The van der Waals surface area contributed by atoms with Gasteiger partial charge in [0.15, 0.2) is 12.2 Å². The minimum Gasteiger partial charge on any atom is -0.462 e. The van der Waals surface area contributed by atoms with Gasteiger partial charge in [0, 0.05) is 25.7 Å². The number of hydrogen-bond donors (Lipinski definition) is 3. The molecule has 0 aliphatic rings. The summed E-state index contributed by atoms with van der Waals surface area (Å²) in [7, 11) is -9.93. The molecule has 0 aromatic rings. The molecule has 0 bridgehead atoms. The number of hydrogen-bond acceptors (Lipinski definition) is 15. The van der Waals surface area contributed by atoms with E-state index in [9.17, 15) is 43.2 Å². The summed E-state index contributed by atoms with van der Waals surface area (Å²) in [6, 6.07) is 0. The summed E-state index contributed by atoms with van der Waals surface area (Å²) in [6.45, 7) is 7.25. The summed E-state index contributed by atoms with van der Waals surface area (Å²) < 4.78 is 68.7. The average Bonchev–Trinajstić information content (AvgIpc) is 0.920. The van der Waals surface area contributed by atoms with Crippen molar-refractivity contribution >= 4 is 39.5 Å². The van der Waals surface area contributed by atoms with Gasteiger partial charge < -0.3 is 33.8 Å². The predicted octanol–water partition coefficient (Wildman–Crippen LogP) is 24.4. The van der Waals surface area contributed by atoms with Crippen LogP contribution in [0.15, 0.2) is 24.3 Å². The molecule has 2 unspecified atom stereocenters. The van der Waals surface area contributed by atoms with Crippen molar-refractivity contribution in [2.75, 3.05) is 39.6 Å². The molecule has 0 heterocycles. The van der Waals surface area contributed by atoms with Crippen molar-refractivity contribution in [1.29, 1.82) is 0 Å². The van der Waals surface area contributed by atoms with Gasteiger partial charge in [-0.3, -0.25) is 37.3 Å². The van der Waals surface area contributed by atoms with Crippen LogP contribution in [-0.2, 0) is 65.4 Å². The Balaban J connectivity index is 5.29. The van der Waals surface area contributed by atoms with E-state index in [1.54, 1.807) is 0 Å². The number of aliphatic hydroxyl groups is 1. The molecule has 0 aromatic heterocycles. The van der Waals surface area contributed by atoms with E-state index in [1.807, 2.05) is 0 Å². The minimum atomic E-state index is -4.97. The highest BCUT2D eigenvalue weighted by Crippen LogP contribution is 2.45. The van der Waals surface area contributed by atoms with Crippen molar-refractivity contribution in [2.24, 2.45) is 5.92 Å². The summed E-state index contributed by atoms with van der Waals surface area (Å²) in [6.07, 6.45) is 68.7. The quantitative estimate of drug-likeness (QED) is 0.0169. The zero-order valence-electron chi connectivity index (χ0n) is 65.5. The van der Waals surface area contributed by atoms with Gasteiger partial charge in [-0.2, -0.15) is 0 Å². The second-order valence-electron chi connectivity index (χ2n) is 29.3. The van der Waals surface area contributed by atoms with Crippen molar-refractivity contribution in [3.05, 3.63) is 24.3 Å². The molecule has 19 heteroatoms. The molecular formula is C82H156O17P2. The normalized spacial score (nSPS) is 14.0. The molecule has 596 valence electrons. The maximum Gasteiger partial charge on any atom is 0.472 e. The third kappa shape index (κ3) is 75.6. The van der Waals surface area contributed by atoms with Crippen molar-refractivity contribution in [1.82, 2.24) is 0 Å². The standard InChI is InChI=1S/C82H156O17P2/c1-6-9-12-15-18-21-24-27-30-32-35-37-40-45-50-55-60-65-79(84)92-71-77(98-82(87)68-63-58-53-47-42-39-36-33-31-28-25-22-19-16-13-10-7-2)73-96-100(88,89)94-69-76(83)70-95-101(90,91)97-74-78(72-93-80(85)66-61-56-51-48-43-44-49-54-59-64-75(4)5)99-81(86)67-62-57-52-46-41-38-34-29-26-23-20-17-14-11-8-3/h23,26,29,34,75-78,83H,6-22,24-25,27-28,30-33,35-74H2,1-5H3,(H,88,89)(H,90,91)/b26-23-,34-29-/t76-,77-,78-/m1/s1. The molecule has 0 aliphatic carbocycles. The Morgan fingerprint density at radius 1 is 0.307 bits per heavy atom. The zero-order valence-corrected chi connectivity index (χ0v) is 67.3. The van der Waals surface area contributed by atoms with Gasteiger partial charge in [0.2, 0.25) is 0 Å². The molecule has 17 nitrogen and oxygen atoms in total. The van der Waals surface area contributed by atoms with Gasteiger partial charge >= 0.3 is 39.5 Å². The monoisotopic (exact) mass is 1480 g/mol. The molecule has 0 radical (unpaired) electrons. The third-order valence-corrected chi connectivity index (χ3v) is 20.6. The van der Waals surface area contributed by atoms with Crippen LogP contribution in [0.5, 0.6) is 0 Å². The van der Waals surface area contributed by atoms with Crippen LogP contribution in [0.25, 0.3) is 0 Å². The highest BCUT2D eigenvalue weighted by atomic mass is 31.2. The minimum absolute atomic E-state index is 0.0851. The van der Waals surface area contributed by atoms with Gasteiger partial charge in [-0.1, -0.05) is 361 Å². The van der Waals surface area contributed by atoms with Crippen LogP contribution in [0.2, 0.25) is 0 Å². The Bertz CT molecular complexity index is 2020. The lowest BCUT2D eigenvalue weighted by molar-refractivity contribution is -0.161. The molecule has 0 fully saturated rings. The first kappa shape index (κ1) is 98.5. The SMILES string of the molecule is CCCCCC/C=C\C=C/CCCCCCCC(=O)O[C@H](COC(=O)CCCCCCCCCCCC(C)C)COP(=O)(O)OC[C@H](O)COP(=O)(O)OC[C@@H](COC(=O)CCCCCCCCCCCCCCCCCCC)OC(=O)CCCCCCCCCCCCCCCCCCC. The first-order valence-corrected chi connectivity index (χ1v) is 44.9. The van der Waals surface area contributed by atoms with Crippen molar-refractivity contribution in [3.63, 3.8) is 0 Å². The van der Waals surface area contributed by atoms with Crippen molar-refractivity contribution in [2.45, 2.75) is 432 Å². The number of carbonyl (C=O) groups excluding carboxylic acids is 4. The molecule has 0 spiro atoms. The van der Waals surface area contributed by atoms with Gasteiger partial charge in [-0.15, -0.1) is 0 Å².